The smallest absolute Gasteiger partial charge is 0.275 e. The molecule has 0 unspecified atom stereocenters. The lowest BCUT2D eigenvalue weighted by molar-refractivity contribution is -0.131. The van der Waals surface area contributed by atoms with E-state index in [0.29, 0.717) is 22.7 Å². The summed E-state index contributed by atoms with van der Waals surface area (Å²) in [5, 5.41) is 5.94. The normalized spacial score (nSPS) is 10.7. The van der Waals surface area contributed by atoms with Gasteiger partial charge in [-0.15, -0.1) is 0 Å². The number of likely N-dealkylation sites (N-methyl/N-ethyl adjacent to an activating group) is 1. The molecule has 1 amide bonds. The number of methoxy groups -OCH3 is 1. The zero-order chi connectivity index (χ0) is 18.7. The van der Waals surface area contributed by atoms with Gasteiger partial charge in [0.05, 0.1) is 18.7 Å². The quantitative estimate of drug-likeness (QED) is 0.691. The molecule has 2 aromatic carbocycles. The van der Waals surface area contributed by atoms with Gasteiger partial charge >= 0.3 is 0 Å². The van der Waals surface area contributed by atoms with Gasteiger partial charge < -0.3 is 9.64 Å². The Morgan fingerprint density at radius 1 is 1.27 bits per heavy atom. The maximum absolute atomic E-state index is 12.5. The van der Waals surface area contributed by atoms with Crippen molar-refractivity contribution in [2.45, 2.75) is 13.1 Å². The second-order valence-electron chi connectivity index (χ2n) is 5.90. The van der Waals surface area contributed by atoms with Gasteiger partial charge in [-0.1, -0.05) is 29.8 Å². The topological polar surface area (TPSA) is 64.4 Å². The highest BCUT2D eigenvalue weighted by Gasteiger charge is 2.15. The molecule has 6 nitrogen and oxygen atoms in total. The molecule has 0 N–H and O–H groups in total. The van der Waals surface area contributed by atoms with Gasteiger partial charge in [0.25, 0.3) is 5.56 Å². The zero-order valence-electron chi connectivity index (χ0n) is 14.5. The standard InChI is InChI=1S/C19H18ClN3O3/c1-22(11-14-9-15(20)7-8-17(14)26-2)18(24)12-23-19(25)16-6-4-3-5-13(16)10-21-23/h3-10H,11-12H2,1-2H3. The van der Waals surface area contributed by atoms with Crippen LogP contribution in [-0.2, 0) is 17.9 Å². The second-order valence-corrected chi connectivity index (χ2v) is 6.34. The lowest BCUT2D eigenvalue weighted by Gasteiger charge is -2.19. The molecule has 0 aliphatic heterocycles. The number of benzene rings is 2. The Labute approximate surface area is 155 Å². The summed E-state index contributed by atoms with van der Waals surface area (Å²) >= 11 is 6.03. The summed E-state index contributed by atoms with van der Waals surface area (Å²) in [6.45, 7) is 0.175. The van der Waals surface area contributed by atoms with Crippen molar-refractivity contribution in [1.82, 2.24) is 14.7 Å². The molecule has 26 heavy (non-hydrogen) atoms. The number of rotatable bonds is 5. The molecule has 0 bridgehead atoms. The summed E-state index contributed by atoms with van der Waals surface area (Å²) < 4.78 is 6.48. The summed E-state index contributed by atoms with van der Waals surface area (Å²) in [5.41, 5.74) is 0.500. The number of amides is 1. The lowest BCUT2D eigenvalue weighted by Crippen LogP contribution is -2.34. The summed E-state index contributed by atoms with van der Waals surface area (Å²) in [6, 6.07) is 12.4. The molecule has 0 aliphatic rings. The van der Waals surface area contributed by atoms with Gasteiger partial charge in [0.15, 0.2) is 0 Å². The highest BCUT2D eigenvalue weighted by atomic mass is 35.5. The van der Waals surface area contributed by atoms with Crippen LogP contribution in [0.15, 0.2) is 53.5 Å². The van der Waals surface area contributed by atoms with Crippen LogP contribution in [0.5, 0.6) is 5.75 Å². The predicted molar refractivity (Wildman–Crippen MR) is 100 cm³/mol. The Hall–Kier alpha value is -2.86. The predicted octanol–water partition coefficient (Wildman–Crippen LogP) is 2.72. The minimum absolute atomic E-state index is 0.136. The van der Waals surface area contributed by atoms with Crippen LogP contribution >= 0.6 is 11.6 Å². The number of fused-ring (bicyclic) bond motifs is 1. The van der Waals surface area contributed by atoms with E-state index in [0.717, 1.165) is 10.9 Å². The highest BCUT2D eigenvalue weighted by Crippen LogP contribution is 2.23. The average molecular weight is 372 g/mol. The van der Waals surface area contributed by atoms with Crippen molar-refractivity contribution >= 4 is 28.3 Å². The van der Waals surface area contributed by atoms with Crippen LogP contribution in [0.3, 0.4) is 0 Å². The number of carbonyl (C=O) groups is 1. The van der Waals surface area contributed by atoms with E-state index in [1.54, 1.807) is 50.7 Å². The van der Waals surface area contributed by atoms with E-state index < -0.39 is 0 Å². The molecule has 0 aliphatic carbocycles. The van der Waals surface area contributed by atoms with Crippen molar-refractivity contribution in [3.63, 3.8) is 0 Å². The first-order valence-corrected chi connectivity index (χ1v) is 8.38. The average Bonchev–Trinajstić information content (AvgIpc) is 2.64. The van der Waals surface area contributed by atoms with Gasteiger partial charge in [0, 0.05) is 29.6 Å². The molecule has 3 aromatic rings. The summed E-state index contributed by atoms with van der Waals surface area (Å²) in [7, 11) is 3.22. The first-order valence-electron chi connectivity index (χ1n) is 8.01. The number of halogens is 1. The van der Waals surface area contributed by atoms with Crippen LogP contribution < -0.4 is 10.3 Å². The Morgan fingerprint density at radius 2 is 2.04 bits per heavy atom. The molecule has 0 radical (unpaired) electrons. The number of nitrogens with zero attached hydrogens (tertiary/aromatic N) is 3. The molecule has 7 heteroatoms. The van der Waals surface area contributed by atoms with Gasteiger partial charge in [-0.3, -0.25) is 9.59 Å². The summed E-state index contributed by atoms with van der Waals surface area (Å²) in [4.78, 5) is 26.5. The SMILES string of the molecule is COc1ccc(Cl)cc1CN(C)C(=O)Cn1ncc2ccccc2c1=O. The first-order chi connectivity index (χ1) is 12.5. The van der Waals surface area contributed by atoms with Crippen LogP contribution in [-0.4, -0.2) is 34.7 Å². The first kappa shape index (κ1) is 17.9. The van der Waals surface area contributed by atoms with E-state index in [-0.39, 0.29) is 18.0 Å². The molecule has 3 rings (SSSR count). The van der Waals surface area contributed by atoms with Gasteiger partial charge in [-0.05, 0) is 24.3 Å². The van der Waals surface area contributed by atoms with Crippen molar-refractivity contribution < 1.29 is 9.53 Å². The summed E-state index contributed by atoms with van der Waals surface area (Å²) in [6.07, 6.45) is 1.59. The molecule has 1 heterocycles. The molecular weight excluding hydrogens is 354 g/mol. The van der Waals surface area contributed by atoms with E-state index in [1.807, 2.05) is 12.1 Å². The third kappa shape index (κ3) is 3.70. The Kier molecular flexibility index (Phi) is 5.23. The van der Waals surface area contributed by atoms with Crippen LogP contribution in [0.2, 0.25) is 5.02 Å². The van der Waals surface area contributed by atoms with Crippen molar-refractivity contribution in [2.24, 2.45) is 0 Å². The van der Waals surface area contributed by atoms with E-state index in [1.165, 1.54) is 9.58 Å². The maximum atomic E-state index is 12.5. The second kappa shape index (κ2) is 7.58. The molecular formula is C19H18ClN3O3. The van der Waals surface area contributed by atoms with Crippen molar-refractivity contribution in [1.29, 1.82) is 0 Å². The summed E-state index contributed by atoms with van der Waals surface area (Å²) in [5.74, 6) is 0.409. The van der Waals surface area contributed by atoms with Crippen molar-refractivity contribution in [2.75, 3.05) is 14.2 Å². The largest absolute Gasteiger partial charge is 0.496 e. The Balaban J connectivity index is 1.79. The molecule has 0 atom stereocenters. The van der Waals surface area contributed by atoms with E-state index in [2.05, 4.69) is 5.10 Å². The van der Waals surface area contributed by atoms with E-state index in [9.17, 15) is 9.59 Å². The van der Waals surface area contributed by atoms with Gasteiger partial charge in [0.2, 0.25) is 5.91 Å². The molecule has 1 aromatic heterocycles. The van der Waals surface area contributed by atoms with Crippen LogP contribution in [0, 0.1) is 0 Å². The third-order valence-corrected chi connectivity index (χ3v) is 4.36. The van der Waals surface area contributed by atoms with Crippen LogP contribution in [0.4, 0.5) is 0 Å². The maximum Gasteiger partial charge on any atom is 0.275 e. The fourth-order valence-corrected chi connectivity index (χ4v) is 2.90. The Morgan fingerprint density at radius 3 is 2.81 bits per heavy atom. The zero-order valence-corrected chi connectivity index (χ0v) is 15.2. The number of hydrogen-bond donors (Lipinski definition) is 0. The number of aromatic nitrogens is 2. The van der Waals surface area contributed by atoms with Gasteiger partial charge in [-0.2, -0.15) is 5.10 Å². The molecule has 134 valence electrons. The number of carbonyl (C=O) groups excluding carboxylic acids is 1. The molecule has 0 spiro atoms. The molecule has 0 fully saturated rings. The van der Waals surface area contributed by atoms with E-state index >= 15 is 0 Å². The van der Waals surface area contributed by atoms with Crippen molar-refractivity contribution in [3.8, 4) is 5.75 Å². The number of ether oxygens (including phenoxy) is 1. The van der Waals surface area contributed by atoms with E-state index in [4.69, 9.17) is 16.3 Å². The minimum Gasteiger partial charge on any atom is -0.496 e. The monoisotopic (exact) mass is 371 g/mol. The highest BCUT2D eigenvalue weighted by molar-refractivity contribution is 6.30. The Bertz CT molecular complexity index is 1020. The van der Waals surface area contributed by atoms with Crippen LogP contribution in [0.25, 0.3) is 10.8 Å². The third-order valence-electron chi connectivity index (χ3n) is 4.12. The van der Waals surface area contributed by atoms with Gasteiger partial charge in [0.1, 0.15) is 12.3 Å². The molecule has 0 saturated carbocycles. The van der Waals surface area contributed by atoms with Crippen molar-refractivity contribution in [3.05, 3.63) is 69.6 Å². The van der Waals surface area contributed by atoms with Gasteiger partial charge in [-0.25, -0.2) is 4.68 Å². The number of hydrogen-bond acceptors (Lipinski definition) is 4. The fourth-order valence-electron chi connectivity index (χ4n) is 2.70. The minimum atomic E-state index is -0.287. The lowest BCUT2D eigenvalue weighted by atomic mass is 10.2. The molecule has 0 saturated heterocycles. The fraction of sp³-hybridized carbons (Fsp3) is 0.211. The van der Waals surface area contributed by atoms with Crippen LogP contribution in [0.1, 0.15) is 5.56 Å².